The molecule has 2 heterocycles. The third-order valence-corrected chi connectivity index (χ3v) is 3.29. The molecule has 0 amide bonds. The van der Waals surface area contributed by atoms with Crippen molar-refractivity contribution in [2.24, 2.45) is 0 Å². The average molecular weight is 271 g/mol. The first-order chi connectivity index (χ1) is 6.68. The molecule has 1 N–H and O–H groups in total. The summed E-state index contributed by atoms with van der Waals surface area (Å²) in [5.74, 6) is 0.622. The molecule has 0 bridgehead atoms. The molecule has 3 nitrogen and oxygen atoms in total. The molecule has 2 rings (SSSR count). The minimum Gasteiger partial charge on any atom is -0.306 e. The van der Waals surface area contributed by atoms with Crippen LogP contribution >= 0.6 is 27.3 Å². The monoisotopic (exact) mass is 270 g/mol. The molecule has 72 valence electrons. The summed E-state index contributed by atoms with van der Waals surface area (Å²) in [5, 5.41) is 4.00. The third-order valence-electron chi connectivity index (χ3n) is 1.87. The van der Waals surface area contributed by atoms with Gasteiger partial charge in [0.1, 0.15) is 10.3 Å². The van der Waals surface area contributed by atoms with E-state index in [2.05, 4.69) is 25.9 Å². The van der Waals surface area contributed by atoms with Crippen LogP contribution in [0.5, 0.6) is 0 Å². The molecule has 0 radical (unpaired) electrons. The van der Waals surface area contributed by atoms with Gasteiger partial charge < -0.3 is 4.98 Å². The molecular weight excluding hydrogens is 264 g/mol. The number of thiophene rings is 1. The van der Waals surface area contributed by atoms with Gasteiger partial charge in [-0.05, 0) is 33.8 Å². The van der Waals surface area contributed by atoms with E-state index < -0.39 is 0 Å². The summed E-state index contributed by atoms with van der Waals surface area (Å²) in [4.78, 5) is 18.2. The number of aromatic amines is 1. The van der Waals surface area contributed by atoms with Crippen LogP contribution in [-0.2, 0) is 0 Å². The van der Waals surface area contributed by atoms with Crippen LogP contribution in [0.25, 0.3) is 11.4 Å². The standard InChI is InChI=1S/C9H7BrN2OS/c1-5-3-14-4-6(5)8-11-2-7(10)9(13)12-8/h2-4H,1H3,(H,11,12,13). The van der Waals surface area contributed by atoms with Crippen LogP contribution in [0.15, 0.2) is 26.2 Å². The Labute approximate surface area is 93.0 Å². The lowest BCUT2D eigenvalue weighted by Crippen LogP contribution is -2.08. The number of aryl methyl sites for hydroxylation is 1. The fraction of sp³-hybridized carbons (Fsp3) is 0.111. The van der Waals surface area contributed by atoms with E-state index in [0.29, 0.717) is 10.3 Å². The second kappa shape index (κ2) is 3.67. The first-order valence-corrected chi connectivity index (χ1v) is 5.70. The Morgan fingerprint density at radius 1 is 1.50 bits per heavy atom. The van der Waals surface area contributed by atoms with Crippen molar-refractivity contribution >= 4 is 27.3 Å². The van der Waals surface area contributed by atoms with Gasteiger partial charge in [-0.3, -0.25) is 4.79 Å². The van der Waals surface area contributed by atoms with Crippen LogP contribution in [0, 0.1) is 6.92 Å². The normalized spacial score (nSPS) is 10.4. The zero-order valence-corrected chi connectivity index (χ0v) is 9.78. The maximum Gasteiger partial charge on any atom is 0.265 e. The van der Waals surface area contributed by atoms with Gasteiger partial charge in [0.2, 0.25) is 0 Å². The molecule has 0 aliphatic heterocycles. The van der Waals surface area contributed by atoms with Crippen LogP contribution in [0.1, 0.15) is 5.56 Å². The Bertz CT molecular complexity index is 518. The van der Waals surface area contributed by atoms with Gasteiger partial charge in [0.05, 0.1) is 0 Å². The van der Waals surface area contributed by atoms with E-state index in [4.69, 9.17) is 0 Å². The van der Waals surface area contributed by atoms with Crippen LogP contribution in [0.3, 0.4) is 0 Å². The highest BCUT2D eigenvalue weighted by Gasteiger charge is 2.05. The summed E-state index contributed by atoms with van der Waals surface area (Å²) < 4.78 is 0.453. The molecule has 5 heteroatoms. The number of rotatable bonds is 1. The van der Waals surface area contributed by atoms with Crippen molar-refractivity contribution in [1.29, 1.82) is 0 Å². The maximum absolute atomic E-state index is 11.3. The van der Waals surface area contributed by atoms with E-state index in [1.54, 1.807) is 11.3 Å². The van der Waals surface area contributed by atoms with Gasteiger partial charge in [-0.2, -0.15) is 11.3 Å². The summed E-state index contributed by atoms with van der Waals surface area (Å²) in [5.41, 5.74) is 1.96. The predicted molar refractivity (Wildman–Crippen MR) is 60.6 cm³/mol. The number of nitrogens with zero attached hydrogens (tertiary/aromatic N) is 1. The van der Waals surface area contributed by atoms with E-state index in [-0.39, 0.29) is 5.56 Å². The molecule has 0 saturated heterocycles. The van der Waals surface area contributed by atoms with Crippen LogP contribution in [0.2, 0.25) is 0 Å². The Morgan fingerprint density at radius 2 is 2.29 bits per heavy atom. The van der Waals surface area contributed by atoms with Crippen LogP contribution in [-0.4, -0.2) is 9.97 Å². The zero-order valence-electron chi connectivity index (χ0n) is 7.37. The molecule has 2 aromatic rings. The minimum absolute atomic E-state index is 0.152. The summed E-state index contributed by atoms with van der Waals surface area (Å²) in [7, 11) is 0. The largest absolute Gasteiger partial charge is 0.306 e. The lowest BCUT2D eigenvalue weighted by molar-refractivity contribution is 1.11. The average Bonchev–Trinajstić information content (AvgIpc) is 2.57. The lowest BCUT2D eigenvalue weighted by atomic mass is 10.2. The zero-order chi connectivity index (χ0) is 10.1. The Morgan fingerprint density at radius 3 is 2.86 bits per heavy atom. The van der Waals surface area contributed by atoms with E-state index in [1.165, 1.54) is 6.20 Å². The van der Waals surface area contributed by atoms with Crippen molar-refractivity contribution in [2.75, 3.05) is 0 Å². The van der Waals surface area contributed by atoms with Crippen molar-refractivity contribution in [2.45, 2.75) is 6.92 Å². The molecule has 0 atom stereocenters. The summed E-state index contributed by atoms with van der Waals surface area (Å²) >= 11 is 4.70. The predicted octanol–water partition coefficient (Wildman–Crippen LogP) is 2.57. The van der Waals surface area contributed by atoms with E-state index in [0.717, 1.165) is 11.1 Å². The highest BCUT2D eigenvalue weighted by atomic mass is 79.9. The summed E-state index contributed by atoms with van der Waals surface area (Å²) in [6.45, 7) is 1.99. The second-order valence-corrected chi connectivity index (χ2v) is 4.48. The number of halogens is 1. The molecule has 0 aliphatic rings. The van der Waals surface area contributed by atoms with Gasteiger partial charge in [0.15, 0.2) is 0 Å². The summed E-state index contributed by atoms with van der Waals surface area (Å²) in [6.07, 6.45) is 1.52. The molecule has 2 aromatic heterocycles. The molecule has 0 fully saturated rings. The first kappa shape index (κ1) is 9.61. The van der Waals surface area contributed by atoms with Crippen molar-refractivity contribution in [3.05, 3.63) is 37.3 Å². The van der Waals surface area contributed by atoms with E-state index in [1.807, 2.05) is 17.7 Å². The Kier molecular flexibility index (Phi) is 2.52. The number of nitrogens with one attached hydrogen (secondary N) is 1. The molecule has 0 saturated carbocycles. The SMILES string of the molecule is Cc1cscc1-c1ncc(Br)c(=O)[nH]1. The number of hydrogen-bond donors (Lipinski definition) is 1. The van der Waals surface area contributed by atoms with Crippen molar-refractivity contribution in [3.63, 3.8) is 0 Å². The molecule has 0 aliphatic carbocycles. The fourth-order valence-corrected chi connectivity index (χ4v) is 2.15. The molecular formula is C9H7BrN2OS. The lowest BCUT2D eigenvalue weighted by Gasteiger charge is -1.98. The Balaban J connectivity index is 2.59. The second-order valence-electron chi connectivity index (χ2n) is 2.88. The van der Waals surface area contributed by atoms with Crippen molar-refractivity contribution < 1.29 is 0 Å². The van der Waals surface area contributed by atoms with Crippen LogP contribution < -0.4 is 5.56 Å². The smallest absolute Gasteiger partial charge is 0.265 e. The highest BCUT2D eigenvalue weighted by Crippen LogP contribution is 2.22. The van der Waals surface area contributed by atoms with Gasteiger partial charge >= 0.3 is 0 Å². The van der Waals surface area contributed by atoms with E-state index >= 15 is 0 Å². The molecule has 0 spiro atoms. The van der Waals surface area contributed by atoms with E-state index in [9.17, 15) is 4.79 Å². The summed E-state index contributed by atoms with van der Waals surface area (Å²) in [6, 6.07) is 0. The van der Waals surface area contributed by atoms with Gasteiger partial charge in [-0.1, -0.05) is 0 Å². The van der Waals surface area contributed by atoms with Crippen LogP contribution in [0.4, 0.5) is 0 Å². The topological polar surface area (TPSA) is 45.8 Å². The van der Waals surface area contributed by atoms with Crippen molar-refractivity contribution in [1.82, 2.24) is 9.97 Å². The molecule has 0 aromatic carbocycles. The quantitative estimate of drug-likeness (QED) is 0.866. The highest BCUT2D eigenvalue weighted by molar-refractivity contribution is 9.10. The van der Waals surface area contributed by atoms with Gasteiger partial charge in [0, 0.05) is 17.1 Å². The van der Waals surface area contributed by atoms with Gasteiger partial charge in [0.25, 0.3) is 5.56 Å². The molecule has 0 unspecified atom stereocenters. The Hall–Kier alpha value is -0.940. The number of H-pyrrole nitrogens is 1. The number of aromatic nitrogens is 2. The molecule has 14 heavy (non-hydrogen) atoms. The van der Waals surface area contributed by atoms with Gasteiger partial charge in [-0.15, -0.1) is 0 Å². The maximum atomic E-state index is 11.3. The third kappa shape index (κ3) is 1.65. The number of hydrogen-bond acceptors (Lipinski definition) is 3. The fourth-order valence-electron chi connectivity index (χ4n) is 1.12. The minimum atomic E-state index is -0.152. The van der Waals surface area contributed by atoms with Crippen molar-refractivity contribution in [3.8, 4) is 11.4 Å². The first-order valence-electron chi connectivity index (χ1n) is 3.96. The van der Waals surface area contributed by atoms with Gasteiger partial charge in [-0.25, -0.2) is 4.98 Å².